The van der Waals surface area contributed by atoms with E-state index in [0.29, 0.717) is 0 Å². The van der Waals surface area contributed by atoms with Gasteiger partial charge in [0.2, 0.25) is 5.91 Å². The Morgan fingerprint density at radius 3 is 2.30 bits per heavy atom. The van der Waals surface area contributed by atoms with Gasteiger partial charge in [-0.1, -0.05) is 19.8 Å². The van der Waals surface area contributed by atoms with Crippen LogP contribution in [0, 0.1) is 5.92 Å². The summed E-state index contributed by atoms with van der Waals surface area (Å²) in [5.74, 6) is -0.835. The average Bonchev–Trinajstić information content (AvgIpc) is 2.39. The highest BCUT2D eigenvalue weighted by molar-refractivity contribution is 5.95. The van der Waals surface area contributed by atoms with Gasteiger partial charge in [-0.25, -0.2) is 4.79 Å². The zero-order valence-corrected chi connectivity index (χ0v) is 12.0. The molecular formula is C14H24N2O4. The molecule has 1 rings (SSSR count). The molecule has 0 atom stereocenters. The first-order valence-corrected chi connectivity index (χ1v) is 7.33. The van der Waals surface area contributed by atoms with E-state index in [2.05, 4.69) is 17.6 Å². The van der Waals surface area contributed by atoms with Crippen LogP contribution in [0.25, 0.3) is 0 Å². The molecule has 1 saturated carbocycles. The fourth-order valence-corrected chi connectivity index (χ4v) is 2.63. The molecule has 1 aliphatic rings. The molecule has 3 amide bonds. The minimum atomic E-state index is -1.05. The molecule has 0 bridgehead atoms. The third-order valence-corrected chi connectivity index (χ3v) is 3.70. The number of rotatable bonds is 6. The van der Waals surface area contributed by atoms with Crippen LogP contribution in [-0.2, 0) is 9.59 Å². The maximum atomic E-state index is 11.6. The Kier molecular flexibility index (Phi) is 7.04. The second-order valence-electron chi connectivity index (χ2n) is 5.42. The number of carbonyl (C=O) groups excluding carboxylic acids is 2. The van der Waals surface area contributed by atoms with E-state index in [9.17, 15) is 14.4 Å². The van der Waals surface area contributed by atoms with Crippen molar-refractivity contribution < 1.29 is 19.5 Å². The molecule has 20 heavy (non-hydrogen) atoms. The fourth-order valence-electron chi connectivity index (χ4n) is 2.63. The molecule has 0 spiro atoms. The minimum absolute atomic E-state index is 0.121. The van der Waals surface area contributed by atoms with E-state index < -0.39 is 17.9 Å². The van der Waals surface area contributed by atoms with Crippen molar-refractivity contribution in [1.29, 1.82) is 0 Å². The second-order valence-corrected chi connectivity index (χ2v) is 5.42. The molecule has 0 aromatic carbocycles. The first-order valence-electron chi connectivity index (χ1n) is 7.33. The summed E-state index contributed by atoms with van der Waals surface area (Å²) < 4.78 is 0. The van der Waals surface area contributed by atoms with E-state index in [1.54, 1.807) is 0 Å². The van der Waals surface area contributed by atoms with Gasteiger partial charge in [0, 0.05) is 12.5 Å². The van der Waals surface area contributed by atoms with Gasteiger partial charge in [0.1, 0.15) is 0 Å². The van der Waals surface area contributed by atoms with E-state index in [1.807, 2.05) is 0 Å². The van der Waals surface area contributed by atoms with Crippen molar-refractivity contribution in [2.45, 2.75) is 64.3 Å². The monoisotopic (exact) mass is 284 g/mol. The van der Waals surface area contributed by atoms with E-state index >= 15 is 0 Å². The Bertz CT molecular complexity index is 349. The van der Waals surface area contributed by atoms with Crippen molar-refractivity contribution in [2.75, 3.05) is 0 Å². The highest BCUT2D eigenvalue weighted by atomic mass is 16.4. The quantitative estimate of drug-likeness (QED) is 0.695. The lowest BCUT2D eigenvalue weighted by atomic mass is 9.83. The van der Waals surface area contributed by atoms with Gasteiger partial charge in [0.25, 0.3) is 0 Å². The number of amides is 3. The van der Waals surface area contributed by atoms with Crippen molar-refractivity contribution in [3.8, 4) is 0 Å². The summed E-state index contributed by atoms with van der Waals surface area (Å²) in [6, 6.07) is -0.394. The van der Waals surface area contributed by atoms with Crippen molar-refractivity contribution in [1.82, 2.24) is 10.6 Å². The largest absolute Gasteiger partial charge is 0.481 e. The van der Waals surface area contributed by atoms with Crippen LogP contribution in [0.1, 0.15) is 58.3 Å². The molecule has 114 valence electrons. The highest BCUT2D eigenvalue weighted by Gasteiger charge is 2.22. The number of imide groups is 1. The molecule has 0 aromatic rings. The Morgan fingerprint density at radius 2 is 1.75 bits per heavy atom. The number of carbonyl (C=O) groups is 3. The minimum Gasteiger partial charge on any atom is -0.481 e. The first kappa shape index (κ1) is 16.5. The van der Waals surface area contributed by atoms with Crippen LogP contribution in [0.4, 0.5) is 4.79 Å². The molecule has 0 unspecified atom stereocenters. The van der Waals surface area contributed by atoms with Gasteiger partial charge in [0.15, 0.2) is 0 Å². The molecule has 1 fully saturated rings. The average molecular weight is 284 g/mol. The lowest BCUT2D eigenvalue weighted by Gasteiger charge is -2.28. The normalized spacial score (nSPS) is 22.1. The zero-order chi connectivity index (χ0) is 15.0. The number of carboxylic acids is 1. The zero-order valence-electron chi connectivity index (χ0n) is 12.0. The Labute approximate surface area is 119 Å². The van der Waals surface area contributed by atoms with E-state index in [-0.39, 0.29) is 18.9 Å². The maximum absolute atomic E-state index is 11.6. The highest BCUT2D eigenvalue weighted by Crippen LogP contribution is 2.27. The summed E-state index contributed by atoms with van der Waals surface area (Å²) >= 11 is 0. The maximum Gasteiger partial charge on any atom is 0.321 e. The van der Waals surface area contributed by atoms with Crippen LogP contribution in [0.2, 0.25) is 0 Å². The van der Waals surface area contributed by atoms with Crippen LogP contribution in [0.3, 0.4) is 0 Å². The third kappa shape index (κ3) is 6.54. The Balaban J connectivity index is 2.19. The van der Waals surface area contributed by atoms with Gasteiger partial charge < -0.3 is 10.4 Å². The number of urea groups is 1. The molecule has 0 heterocycles. The van der Waals surface area contributed by atoms with Crippen molar-refractivity contribution >= 4 is 17.9 Å². The molecule has 0 aliphatic heterocycles. The van der Waals surface area contributed by atoms with Crippen molar-refractivity contribution in [2.24, 2.45) is 5.92 Å². The van der Waals surface area contributed by atoms with Crippen LogP contribution >= 0.6 is 0 Å². The Hall–Kier alpha value is -1.59. The lowest BCUT2D eigenvalue weighted by Crippen LogP contribution is -2.45. The van der Waals surface area contributed by atoms with Crippen LogP contribution in [-0.4, -0.2) is 29.1 Å². The summed E-state index contributed by atoms with van der Waals surface area (Å²) in [4.78, 5) is 33.2. The molecule has 6 nitrogen and oxygen atoms in total. The number of hydrogen-bond donors (Lipinski definition) is 3. The fraction of sp³-hybridized carbons (Fsp3) is 0.786. The van der Waals surface area contributed by atoms with Crippen LogP contribution < -0.4 is 10.6 Å². The molecule has 0 radical (unpaired) electrons. The molecule has 1 aliphatic carbocycles. The van der Waals surface area contributed by atoms with Crippen molar-refractivity contribution in [3.05, 3.63) is 0 Å². The summed E-state index contributed by atoms with van der Waals surface area (Å²) in [6.07, 6.45) is 6.13. The summed E-state index contributed by atoms with van der Waals surface area (Å²) in [7, 11) is 0. The lowest BCUT2D eigenvalue weighted by molar-refractivity contribution is -0.138. The molecule has 6 heteroatoms. The van der Waals surface area contributed by atoms with E-state index in [4.69, 9.17) is 5.11 Å². The van der Waals surface area contributed by atoms with Gasteiger partial charge in [-0.05, 0) is 31.6 Å². The first-order chi connectivity index (χ1) is 9.51. The van der Waals surface area contributed by atoms with Crippen LogP contribution in [0.5, 0.6) is 0 Å². The number of carboxylic acid groups (broad SMARTS) is 1. The van der Waals surface area contributed by atoms with Crippen LogP contribution in [0.15, 0.2) is 0 Å². The van der Waals surface area contributed by atoms with Crippen molar-refractivity contribution in [3.63, 3.8) is 0 Å². The van der Waals surface area contributed by atoms with Gasteiger partial charge in [-0.15, -0.1) is 0 Å². The van der Waals surface area contributed by atoms with E-state index in [1.165, 1.54) is 12.8 Å². The third-order valence-electron chi connectivity index (χ3n) is 3.70. The van der Waals surface area contributed by atoms with Gasteiger partial charge in [-0.2, -0.15) is 0 Å². The molecule has 0 saturated heterocycles. The van der Waals surface area contributed by atoms with Gasteiger partial charge >= 0.3 is 12.0 Å². The Morgan fingerprint density at radius 1 is 1.10 bits per heavy atom. The second kappa shape index (κ2) is 8.55. The SMILES string of the molecule is CCCC1CCC(NC(=O)NC(=O)CCC(=O)O)CC1. The predicted octanol–water partition coefficient (Wildman–Crippen LogP) is 2.04. The summed E-state index contributed by atoms with van der Waals surface area (Å²) in [5.41, 5.74) is 0. The number of aliphatic carboxylic acids is 1. The smallest absolute Gasteiger partial charge is 0.321 e. The summed E-state index contributed by atoms with van der Waals surface area (Å²) in [6.45, 7) is 2.18. The number of nitrogens with one attached hydrogen (secondary N) is 2. The van der Waals surface area contributed by atoms with Gasteiger partial charge in [0.05, 0.1) is 6.42 Å². The molecule has 0 aromatic heterocycles. The summed E-state index contributed by atoms with van der Waals surface area (Å²) in [5, 5.41) is 13.4. The van der Waals surface area contributed by atoms with E-state index in [0.717, 1.165) is 31.6 Å². The number of hydrogen-bond acceptors (Lipinski definition) is 3. The van der Waals surface area contributed by atoms with Gasteiger partial charge in [-0.3, -0.25) is 14.9 Å². The topological polar surface area (TPSA) is 95.5 Å². The standard InChI is InChI=1S/C14H24N2O4/c1-2-3-10-4-6-11(7-5-10)15-14(20)16-12(17)8-9-13(18)19/h10-11H,2-9H2,1H3,(H,18,19)(H2,15,16,17,20). The molecular weight excluding hydrogens is 260 g/mol. The predicted molar refractivity (Wildman–Crippen MR) is 74.2 cm³/mol. The molecule has 3 N–H and O–H groups in total.